The number of nitrogens with two attached hydrogens (primary N) is 1. The molecule has 0 radical (unpaired) electrons. The minimum Gasteiger partial charge on any atom is -0.384 e. The van der Waals surface area contributed by atoms with Gasteiger partial charge in [-0.05, 0) is 41.0 Å². The third-order valence-electron chi connectivity index (χ3n) is 4.05. The van der Waals surface area contributed by atoms with Crippen LogP contribution in [0, 0.1) is 0 Å². The average molecular weight is 318 g/mol. The predicted octanol–water partition coefficient (Wildman–Crippen LogP) is 4.34. The molecule has 118 valence electrons. The van der Waals surface area contributed by atoms with Crippen LogP contribution in [0.1, 0.15) is 5.56 Å². The van der Waals surface area contributed by atoms with E-state index in [0.29, 0.717) is 11.4 Å². The SMILES string of the molecule is Nc1ccc2c(-c3ccncc3)c(-c3ccc(CF)cc3)[nH]c2n1. The lowest BCUT2D eigenvalue weighted by Gasteiger charge is -2.06. The fourth-order valence-corrected chi connectivity index (χ4v) is 2.88. The van der Waals surface area contributed by atoms with Crippen molar-refractivity contribution >= 4 is 16.9 Å². The van der Waals surface area contributed by atoms with Gasteiger partial charge in [0.1, 0.15) is 18.1 Å². The number of pyridine rings is 2. The number of nitrogens with one attached hydrogen (secondary N) is 1. The van der Waals surface area contributed by atoms with Crippen molar-refractivity contribution in [2.45, 2.75) is 6.67 Å². The van der Waals surface area contributed by atoms with Crippen LogP contribution < -0.4 is 5.73 Å². The third-order valence-corrected chi connectivity index (χ3v) is 4.05. The Labute approximate surface area is 138 Å². The van der Waals surface area contributed by atoms with Crippen LogP contribution in [-0.4, -0.2) is 15.0 Å². The van der Waals surface area contributed by atoms with Gasteiger partial charge in [0.05, 0.1) is 5.69 Å². The van der Waals surface area contributed by atoms with E-state index < -0.39 is 6.67 Å². The van der Waals surface area contributed by atoms with Crippen molar-refractivity contribution in [2.75, 3.05) is 5.73 Å². The molecule has 1 aromatic carbocycles. The second-order valence-corrected chi connectivity index (χ2v) is 5.57. The molecule has 0 fully saturated rings. The molecule has 0 spiro atoms. The van der Waals surface area contributed by atoms with E-state index in [1.807, 2.05) is 30.3 Å². The van der Waals surface area contributed by atoms with Gasteiger partial charge < -0.3 is 10.7 Å². The molecule has 0 amide bonds. The number of nitrogens with zero attached hydrogens (tertiary/aromatic N) is 2. The highest BCUT2D eigenvalue weighted by molar-refractivity contribution is 6.02. The van der Waals surface area contributed by atoms with Crippen molar-refractivity contribution < 1.29 is 4.39 Å². The van der Waals surface area contributed by atoms with Crippen molar-refractivity contribution in [1.82, 2.24) is 15.0 Å². The second-order valence-electron chi connectivity index (χ2n) is 5.57. The van der Waals surface area contributed by atoms with Gasteiger partial charge in [0.25, 0.3) is 0 Å². The molecule has 3 heterocycles. The fraction of sp³-hybridized carbons (Fsp3) is 0.0526. The Morgan fingerprint density at radius 2 is 1.67 bits per heavy atom. The fourth-order valence-electron chi connectivity index (χ4n) is 2.88. The highest BCUT2D eigenvalue weighted by atomic mass is 19.1. The van der Waals surface area contributed by atoms with Crippen LogP contribution in [0.25, 0.3) is 33.4 Å². The van der Waals surface area contributed by atoms with Crippen LogP contribution in [-0.2, 0) is 6.67 Å². The van der Waals surface area contributed by atoms with Crippen molar-refractivity contribution in [3.8, 4) is 22.4 Å². The van der Waals surface area contributed by atoms with E-state index in [2.05, 4.69) is 15.0 Å². The van der Waals surface area contributed by atoms with Gasteiger partial charge in [-0.15, -0.1) is 0 Å². The number of nitrogen functional groups attached to an aromatic ring is 1. The molecule has 0 atom stereocenters. The second kappa shape index (κ2) is 5.77. The molecule has 3 N–H and O–H groups in total. The number of anilines is 1. The van der Waals surface area contributed by atoms with Crippen molar-refractivity contribution in [3.63, 3.8) is 0 Å². The van der Waals surface area contributed by atoms with Crippen molar-refractivity contribution in [2.24, 2.45) is 0 Å². The summed E-state index contributed by atoms with van der Waals surface area (Å²) in [7, 11) is 0. The first-order valence-electron chi connectivity index (χ1n) is 7.60. The van der Waals surface area contributed by atoms with Crippen LogP contribution in [0.5, 0.6) is 0 Å². The van der Waals surface area contributed by atoms with Gasteiger partial charge in [-0.2, -0.15) is 0 Å². The number of hydrogen-bond donors (Lipinski definition) is 2. The summed E-state index contributed by atoms with van der Waals surface area (Å²) in [6.07, 6.45) is 3.52. The van der Waals surface area contributed by atoms with E-state index in [9.17, 15) is 4.39 Å². The first-order valence-corrected chi connectivity index (χ1v) is 7.60. The molecular weight excluding hydrogens is 303 g/mol. The van der Waals surface area contributed by atoms with E-state index in [1.54, 1.807) is 30.6 Å². The summed E-state index contributed by atoms with van der Waals surface area (Å²) in [5, 5.41) is 0.986. The maximum atomic E-state index is 12.8. The van der Waals surface area contributed by atoms with Crippen LogP contribution in [0.2, 0.25) is 0 Å². The number of aromatic nitrogens is 3. The van der Waals surface area contributed by atoms with Crippen LogP contribution in [0.4, 0.5) is 10.2 Å². The maximum Gasteiger partial charge on any atom is 0.140 e. The predicted molar refractivity (Wildman–Crippen MR) is 94.0 cm³/mol. The summed E-state index contributed by atoms with van der Waals surface area (Å²) >= 11 is 0. The number of alkyl halides is 1. The quantitative estimate of drug-likeness (QED) is 0.590. The van der Waals surface area contributed by atoms with Gasteiger partial charge in [-0.1, -0.05) is 24.3 Å². The maximum absolute atomic E-state index is 12.8. The van der Waals surface area contributed by atoms with Crippen molar-refractivity contribution in [1.29, 1.82) is 0 Å². The first-order chi connectivity index (χ1) is 11.8. The zero-order chi connectivity index (χ0) is 16.5. The molecule has 3 aromatic heterocycles. The highest BCUT2D eigenvalue weighted by Crippen LogP contribution is 2.37. The van der Waals surface area contributed by atoms with E-state index in [1.165, 1.54) is 0 Å². The smallest absolute Gasteiger partial charge is 0.140 e. The average Bonchev–Trinajstić information content (AvgIpc) is 3.01. The normalized spacial score (nSPS) is 11.0. The third kappa shape index (κ3) is 2.40. The molecule has 0 aliphatic carbocycles. The van der Waals surface area contributed by atoms with E-state index >= 15 is 0 Å². The summed E-state index contributed by atoms with van der Waals surface area (Å²) in [4.78, 5) is 11.8. The number of H-pyrrole nitrogens is 1. The summed E-state index contributed by atoms with van der Waals surface area (Å²) in [5.74, 6) is 0.462. The summed E-state index contributed by atoms with van der Waals surface area (Å²) in [6.45, 7) is -0.470. The Morgan fingerprint density at radius 3 is 2.38 bits per heavy atom. The van der Waals surface area contributed by atoms with E-state index in [4.69, 9.17) is 5.73 Å². The molecule has 0 saturated carbocycles. The number of hydrogen-bond acceptors (Lipinski definition) is 3. The molecule has 0 unspecified atom stereocenters. The number of aromatic amines is 1. The van der Waals surface area contributed by atoms with Gasteiger partial charge in [-0.25, -0.2) is 9.37 Å². The van der Waals surface area contributed by atoms with Gasteiger partial charge >= 0.3 is 0 Å². The van der Waals surface area contributed by atoms with E-state index in [0.717, 1.165) is 33.4 Å². The number of halogens is 1. The lowest BCUT2D eigenvalue weighted by molar-refractivity contribution is 0.485. The topological polar surface area (TPSA) is 67.6 Å². The Kier molecular flexibility index (Phi) is 3.46. The molecule has 5 heteroatoms. The molecular formula is C19H15FN4. The van der Waals surface area contributed by atoms with Crippen LogP contribution >= 0.6 is 0 Å². The Morgan fingerprint density at radius 1 is 0.917 bits per heavy atom. The largest absolute Gasteiger partial charge is 0.384 e. The van der Waals surface area contributed by atoms with Gasteiger partial charge in [0.2, 0.25) is 0 Å². The van der Waals surface area contributed by atoms with Crippen LogP contribution in [0.15, 0.2) is 60.9 Å². The minimum absolute atomic E-state index is 0.462. The Hall–Kier alpha value is -3.21. The van der Waals surface area contributed by atoms with Crippen LogP contribution in [0.3, 0.4) is 0 Å². The molecule has 0 bridgehead atoms. The first kappa shape index (κ1) is 14.4. The monoisotopic (exact) mass is 318 g/mol. The molecule has 24 heavy (non-hydrogen) atoms. The summed E-state index contributed by atoms with van der Waals surface area (Å²) in [5.41, 5.74) is 11.2. The van der Waals surface area contributed by atoms with Gasteiger partial charge in [0, 0.05) is 23.3 Å². The Bertz CT molecular complexity index is 991. The minimum atomic E-state index is -0.470. The van der Waals surface area contributed by atoms with Gasteiger partial charge in [0.15, 0.2) is 0 Å². The molecule has 4 aromatic rings. The molecule has 0 saturated heterocycles. The van der Waals surface area contributed by atoms with Gasteiger partial charge in [-0.3, -0.25) is 4.98 Å². The number of fused-ring (bicyclic) bond motifs is 1. The van der Waals surface area contributed by atoms with Crippen molar-refractivity contribution in [3.05, 3.63) is 66.5 Å². The summed E-state index contributed by atoms with van der Waals surface area (Å²) in [6, 6.07) is 15.1. The molecule has 0 aliphatic heterocycles. The summed E-state index contributed by atoms with van der Waals surface area (Å²) < 4.78 is 12.8. The molecule has 0 aliphatic rings. The number of benzene rings is 1. The van der Waals surface area contributed by atoms with E-state index in [-0.39, 0.29) is 0 Å². The lowest BCUT2D eigenvalue weighted by Crippen LogP contribution is -1.88. The standard InChI is InChI=1S/C19H15FN4/c20-11-12-1-3-14(4-2-12)18-17(13-7-9-22-10-8-13)15-5-6-16(21)23-19(15)24-18/h1-10H,11H2,(H3,21,23,24). The zero-order valence-corrected chi connectivity index (χ0v) is 12.8. The molecule has 4 rings (SSSR count). The zero-order valence-electron chi connectivity index (χ0n) is 12.8. The highest BCUT2D eigenvalue weighted by Gasteiger charge is 2.16. The Balaban J connectivity index is 1.99. The number of rotatable bonds is 3. The molecule has 4 nitrogen and oxygen atoms in total. The lowest BCUT2D eigenvalue weighted by atomic mass is 9.99.